The van der Waals surface area contributed by atoms with Crippen LogP contribution in [0.5, 0.6) is 11.5 Å². The first-order valence-electron chi connectivity index (χ1n) is 12.1. The monoisotopic (exact) mass is 483 g/mol. The number of hydrogen-bond acceptors (Lipinski definition) is 7. The van der Waals surface area contributed by atoms with Gasteiger partial charge >= 0.3 is 0 Å². The highest BCUT2D eigenvalue weighted by atomic mass is 16.5. The minimum Gasteiger partial charge on any atom is -0.493 e. The standard InChI is InChI=1S/C28H29N5O3/c1-35-25-17-23-24(18-26(25)36-16-15-33-13-5-6-14-33)29-19-30-27(23)31-21-9-11-22(12-10-21)32-28(34)20-7-3-2-4-8-20/h2-4,7-12,17-19H,5-6,13-16H2,1H3,(H,32,34)(H,29,30,31). The highest BCUT2D eigenvalue weighted by molar-refractivity contribution is 6.04. The van der Waals surface area contributed by atoms with Crippen molar-refractivity contribution in [1.82, 2.24) is 14.9 Å². The minimum atomic E-state index is -0.149. The Morgan fingerprint density at radius 3 is 2.44 bits per heavy atom. The number of ether oxygens (including phenoxy) is 2. The lowest BCUT2D eigenvalue weighted by atomic mass is 10.2. The van der Waals surface area contributed by atoms with E-state index >= 15 is 0 Å². The Balaban J connectivity index is 1.28. The Morgan fingerprint density at radius 1 is 0.944 bits per heavy atom. The number of rotatable bonds is 9. The largest absolute Gasteiger partial charge is 0.493 e. The molecule has 1 aliphatic rings. The maximum absolute atomic E-state index is 12.4. The van der Waals surface area contributed by atoms with Crippen molar-refractivity contribution in [2.75, 3.05) is 44.0 Å². The maximum atomic E-state index is 12.4. The summed E-state index contributed by atoms with van der Waals surface area (Å²) in [6, 6.07) is 20.4. The molecule has 1 aliphatic heterocycles. The van der Waals surface area contributed by atoms with Crippen LogP contribution in [0, 0.1) is 0 Å². The molecule has 184 valence electrons. The first-order valence-corrected chi connectivity index (χ1v) is 12.1. The number of fused-ring (bicyclic) bond motifs is 1. The first-order chi connectivity index (χ1) is 17.7. The summed E-state index contributed by atoms with van der Waals surface area (Å²) in [6.07, 6.45) is 4.05. The molecule has 2 N–H and O–H groups in total. The zero-order chi connectivity index (χ0) is 24.7. The molecule has 1 fully saturated rings. The van der Waals surface area contributed by atoms with Crippen molar-refractivity contribution in [1.29, 1.82) is 0 Å². The minimum absolute atomic E-state index is 0.149. The number of nitrogens with zero attached hydrogens (tertiary/aromatic N) is 3. The SMILES string of the molecule is COc1cc2c(Nc3ccc(NC(=O)c4ccccc4)cc3)ncnc2cc1OCCN1CCCC1. The van der Waals surface area contributed by atoms with Crippen molar-refractivity contribution in [2.24, 2.45) is 0 Å². The molecule has 0 bridgehead atoms. The van der Waals surface area contributed by atoms with Crippen LogP contribution in [0.1, 0.15) is 23.2 Å². The van der Waals surface area contributed by atoms with Crippen LogP contribution < -0.4 is 20.1 Å². The molecule has 1 saturated heterocycles. The van der Waals surface area contributed by atoms with Gasteiger partial charge < -0.3 is 20.1 Å². The van der Waals surface area contributed by atoms with Gasteiger partial charge in [-0.15, -0.1) is 0 Å². The van der Waals surface area contributed by atoms with Gasteiger partial charge in [-0.3, -0.25) is 9.69 Å². The quantitative estimate of drug-likeness (QED) is 0.342. The van der Waals surface area contributed by atoms with Crippen LogP contribution in [-0.2, 0) is 0 Å². The van der Waals surface area contributed by atoms with E-state index < -0.39 is 0 Å². The highest BCUT2D eigenvalue weighted by Crippen LogP contribution is 2.35. The molecular weight excluding hydrogens is 454 g/mol. The lowest BCUT2D eigenvalue weighted by molar-refractivity contribution is 0.102. The van der Waals surface area contributed by atoms with E-state index in [1.54, 1.807) is 19.2 Å². The van der Waals surface area contributed by atoms with E-state index in [4.69, 9.17) is 9.47 Å². The Morgan fingerprint density at radius 2 is 1.69 bits per heavy atom. The summed E-state index contributed by atoms with van der Waals surface area (Å²) < 4.78 is 11.7. The predicted molar refractivity (Wildman–Crippen MR) is 141 cm³/mol. The highest BCUT2D eigenvalue weighted by Gasteiger charge is 2.14. The summed E-state index contributed by atoms with van der Waals surface area (Å²) in [6.45, 7) is 3.78. The average Bonchev–Trinajstić information content (AvgIpc) is 3.44. The third-order valence-electron chi connectivity index (χ3n) is 6.23. The van der Waals surface area contributed by atoms with E-state index in [0.717, 1.165) is 36.2 Å². The van der Waals surface area contributed by atoms with Gasteiger partial charge in [0, 0.05) is 34.9 Å². The van der Waals surface area contributed by atoms with Crippen LogP contribution in [0.4, 0.5) is 17.2 Å². The summed E-state index contributed by atoms with van der Waals surface area (Å²) in [7, 11) is 1.63. The lowest BCUT2D eigenvalue weighted by Gasteiger charge is -2.17. The molecule has 0 unspecified atom stereocenters. The van der Waals surface area contributed by atoms with Crippen LogP contribution in [0.25, 0.3) is 10.9 Å². The molecule has 8 nitrogen and oxygen atoms in total. The molecule has 0 spiro atoms. The number of likely N-dealkylation sites (tertiary alicyclic amines) is 1. The third-order valence-corrected chi connectivity index (χ3v) is 6.23. The fraction of sp³-hybridized carbons (Fsp3) is 0.250. The van der Waals surface area contributed by atoms with Gasteiger partial charge in [0.15, 0.2) is 11.5 Å². The molecular formula is C28H29N5O3. The van der Waals surface area contributed by atoms with Crippen LogP contribution in [0.15, 0.2) is 73.1 Å². The average molecular weight is 484 g/mol. The van der Waals surface area contributed by atoms with Gasteiger partial charge in [-0.25, -0.2) is 9.97 Å². The summed E-state index contributed by atoms with van der Waals surface area (Å²) in [5.41, 5.74) is 2.91. The van der Waals surface area contributed by atoms with Gasteiger partial charge in [-0.2, -0.15) is 0 Å². The van der Waals surface area contributed by atoms with Gasteiger partial charge in [0.1, 0.15) is 18.8 Å². The summed E-state index contributed by atoms with van der Waals surface area (Å²) in [4.78, 5) is 23.7. The fourth-order valence-electron chi connectivity index (χ4n) is 4.29. The molecule has 5 rings (SSSR count). The van der Waals surface area contributed by atoms with E-state index in [2.05, 4.69) is 25.5 Å². The fourth-order valence-corrected chi connectivity index (χ4v) is 4.29. The molecule has 2 heterocycles. The molecule has 0 saturated carbocycles. The molecule has 0 radical (unpaired) electrons. The van der Waals surface area contributed by atoms with Crippen molar-refractivity contribution in [3.05, 3.63) is 78.6 Å². The van der Waals surface area contributed by atoms with Crippen molar-refractivity contribution in [2.45, 2.75) is 12.8 Å². The van der Waals surface area contributed by atoms with E-state index in [1.807, 2.05) is 54.6 Å². The predicted octanol–water partition coefficient (Wildman–Crippen LogP) is 5.11. The summed E-state index contributed by atoms with van der Waals surface area (Å²) in [5.74, 6) is 1.82. The first kappa shape index (κ1) is 23.6. The lowest BCUT2D eigenvalue weighted by Crippen LogP contribution is -2.25. The van der Waals surface area contributed by atoms with E-state index in [1.165, 1.54) is 19.2 Å². The van der Waals surface area contributed by atoms with E-state index in [-0.39, 0.29) is 5.91 Å². The molecule has 3 aromatic carbocycles. The maximum Gasteiger partial charge on any atom is 0.255 e. The number of anilines is 3. The second-order valence-electron chi connectivity index (χ2n) is 8.66. The van der Waals surface area contributed by atoms with Gasteiger partial charge in [0.2, 0.25) is 0 Å². The Labute approximate surface area is 210 Å². The molecule has 0 aliphatic carbocycles. The summed E-state index contributed by atoms with van der Waals surface area (Å²) in [5, 5.41) is 7.07. The second kappa shape index (κ2) is 11.0. The van der Waals surface area contributed by atoms with Crippen molar-refractivity contribution < 1.29 is 14.3 Å². The summed E-state index contributed by atoms with van der Waals surface area (Å²) >= 11 is 0. The number of carbonyl (C=O) groups is 1. The topological polar surface area (TPSA) is 88.6 Å². The Bertz CT molecular complexity index is 1320. The zero-order valence-corrected chi connectivity index (χ0v) is 20.2. The van der Waals surface area contributed by atoms with Gasteiger partial charge in [-0.05, 0) is 68.4 Å². The van der Waals surface area contributed by atoms with Gasteiger partial charge in [0.05, 0.1) is 12.6 Å². The number of benzene rings is 3. The van der Waals surface area contributed by atoms with Crippen molar-refractivity contribution in [3.63, 3.8) is 0 Å². The number of nitrogens with one attached hydrogen (secondary N) is 2. The van der Waals surface area contributed by atoms with Crippen LogP contribution in [0.3, 0.4) is 0 Å². The third kappa shape index (κ3) is 5.55. The Kier molecular flexibility index (Phi) is 7.23. The van der Waals surface area contributed by atoms with Crippen LogP contribution in [-0.4, -0.2) is 54.1 Å². The van der Waals surface area contributed by atoms with Crippen LogP contribution >= 0.6 is 0 Å². The second-order valence-corrected chi connectivity index (χ2v) is 8.66. The Hall–Kier alpha value is -4.17. The van der Waals surface area contributed by atoms with Gasteiger partial charge in [0.25, 0.3) is 5.91 Å². The van der Waals surface area contributed by atoms with Crippen LogP contribution in [0.2, 0.25) is 0 Å². The molecule has 0 atom stereocenters. The number of aromatic nitrogens is 2. The normalized spacial score (nSPS) is 13.5. The van der Waals surface area contributed by atoms with Crippen molar-refractivity contribution in [3.8, 4) is 11.5 Å². The number of carbonyl (C=O) groups excluding carboxylic acids is 1. The van der Waals surface area contributed by atoms with E-state index in [9.17, 15) is 4.79 Å². The molecule has 36 heavy (non-hydrogen) atoms. The molecule has 1 aromatic heterocycles. The zero-order valence-electron chi connectivity index (χ0n) is 20.2. The van der Waals surface area contributed by atoms with Gasteiger partial charge in [-0.1, -0.05) is 18.2 Å². The number of methoxy groups -OCH3 is 1. The smallest absolute Gasteiger partial charge is 0.255 e. The number of amides is 1. The van der Waals surface area contributed by atoms with Crippen molar-refractivity contribution >= 4 is 34.0 Å². The number of hydrogen-bond donors (Lipinski definition) is 2. The van der Waals surface area contributed by atoms with E-state index in [0.29, 0.717) is 35.2 Å². The molecule has 4 aromatic rings. The molecule has 1 amide bonds. The molecule has 8 heteroatoms.